The zero-order chi connectivity index (χ0) is 19.8. The van der Waals surface area contributed by atoms with Crippen LogP contribution in [0.4, 0.5) is 10.5 Å². The molecule has 1 aromatic carbocycles. The van der Waals surface area contributed by atoms with E-state index >= 15 is 0 Å². The highest BCUT2D eigenvalue weighted by Crippen LogP contribution is 2.18. The van der Waals surface area contributed by atoms with Crippen LogP contribution in [0.5, 0.6) is 0 Å². The van der Waals surface area contributed by atoms with E-state index in [1.165, 1.54) is 11.8 Å². The van der Waals surface area contributed by atoms with E-state index in [1.54, 1.807) is 36.1 Å². The second-order valence-corrected chi connectivity index (χ2v) is 6.27. The summed E-state index contributed by atoms with van der Waals surface area (Å²) in [5.41, 5.74) is 0.786. The maximum absolute atomic E-state index is 12.4. The van der Waals surface area contributed by atoms with Gasteiger partial charge in [-0.3, -0.25) is 9.59 Å². The van der Waals surface area contributed by atoms with Crippen molar-refractivity contribution in [2.45, 2.75) is 32.7 Å². The SMILES string of the molecule is CCOC(=O)N1CCC(N(CC(=O)Nc2ccccc2C#N)C(C)=O)CC1. The van der Waals surface area contributed by atoms with Gasteiger partial charge < -0.3 is 19.9 Å². The molecule has 0 aromatic heterocycles. The minimum atomic E-state index is -0.360. The predicted molar refractivity (Wildman–Crippen MR) is 98.8 cm³/mol. The highest BCUT2D eigenvalue weighted by molar-refractivity contribution is 5.95. The largest absolute Gasteiger partial charge is 0.450 e. The quantitative estimate of drug-likeness (QED) is 0.851. The Morgan fingerprint density at radius 2 is 1.96 bits per heavy atom. The zero-order valence-electron chi connectivity index (χ0n) is 15.6. The predicted octanol–water partition coefficient (Wildman–Crippen LogP) is 1.97. The molecular weight excluding hydrogens is 348 g/mol. The van der Waals surface area contributed by atoms with Crippen molar-refractivity contribution in [3.63, 3.8) is 0 Å². The van der Waals surface area contributed by atoms with Gasteiger partial charge in [0.05, 0.1) is 17.9 Å². The Balaban J connectivity index is 1.96. The van der Waals surface area contributed by atoms with E-state index in [4.69, 9.17) is 10.00 Å². The Morgan fingerprint density at radius 1 is 1.30 bits per heavy atom. The third kappa shape index (κ3) is 5.45. The van der Waals surface area contributed by atoms with Crippen LogP contribution in [0.2, 0.25) is 0 Å². The van der Waals surface area contributed by atoms with Crippen molar-refractivity contribution >= 4 is 23.6 Å². The van der Waals surface area contributed by atoms with Crippen molar-refractivity contribution in [3.8, 4) is 6.07 Å². The van der Waals surface area contributed by atoms with Gasteiger partial charge in [0.2, 0.25) is 11.8 Å². The number of nitrogens with one attached hydrogen (secondary N) is 1. The second-order valence-electron chi connectivity index (χ2n) is 6.27. The Hall–Kier alpha value is -3.08. The molecule has 0 unspecified atom stereocenters. The lowest BCUT2D eigenvalue weighted by atomic mass is 10.0. The highest BCUT2D eigenvalue weighted by Gasteiger charge is 2.30. The lowest BCUT2D eigenvalue weighted by molar-refractivity contribution is -0.136. The first-order valence-electron chi connectivity index (χ1n) is 8.94. The van der Waals surface area contributed by atoms with Crippen molar-refractivity contribution in [1.82, 2.24) is 9.80 Å². The van der Waals surface area contributed by atoms with Crippen LogP contribution in [0.1, 0.15) is 32.3 Å². The summed E-state index contributed by atoms with van der Waals surface area (Å²) in [7, 11) is 0. The number of carbonyl (C=O) groups is 3. The van der Waals surface area contributed by atoms with Gasteiger partial charge in [-0.2, -0.15) is 5.26 Å². The van der Waals surface area contributed by atoms with E-state index in [9.17, 15) is 14.4 Å². The van der Waals surface area contributed by atoms with Crippen LogP contribution in [0, 0.1) is 11.3 Å². The molecule has 1 fully saturated rings. The van der Waals surface area contributed by atoms with Gasteiger partial charge >= 0.3 is 6.09 Å². The third-order valence-electron chi connectivity index (χ3n) is 4.47. The minimum Gasteiger partial charge on any atom is -0.450 e. The summed E-state index contributed by atoms with van der Waals surface area (Å²) >= 11 is 0. The molecule has 0 aliphatic carbocycles. The molecule has 1 heterocycles. The van der Waals surface area contributed by atoms with E-state index < -0.39 is 0 Å². The number of likely N-dealkylation sites (tertiary alicyclic amines) is 1. The molecule has 0 saturated carbocycles. The van der Waals surface area contributed by atoms with Crippen molar-refractivity contribution in [1.29, 1.82) is 5.26 Å². The van der Waals surface area contributed by atoms with Crippen LogP contribution in [0.3, 0.4) is 0 Å². The molecule has 0 spiro atoms. The number of rotatable bonds is 5. The number of para-hydroxylation sites is 1. The maximum atomic E-state index is 12.4. The number of anilines is 1. The second kappa shape index (κ2) is 9.57. The molecular formula is C19H24N4O4. The Kier molecular flexibility index (Phi) is 7.17. The number of amides is 3. The fraction of sp³-hybridized carbons (Fsp3) is 0.474. The molecule has 0 atom stereocenters. The van der Waals surface area contributed by atoms with Gasteiger partial charge in [-0.05, 0) is 31.9 Å². The van der Waals surface area contributed by atoms with Gasteiger partial charge in [0.1, 0.15) is 12.6 Å². The number of nitrogens with zero attached hydrogens (tertiary/aromatic N) is 3. The van der Waals surface area contributed by atoms with Crippen LogP contribution >= 0.6 is 0 Å². The Labute approximate surface area is 158 Å². The van der Waals surface area contributed by atoms with Crippen molar-refractivity contribution in [3.05, 3.63) is 29.8 Å². The fourth-order valence-electron chi connectivity index (χ4n) is 3.11. The zero-order valence-corrected chi connectivity index (χ0v) is 15.6. The van der Waals surface area contributed by atoms with E-state index in [-0.39, 0.29) is 30.5 Å². The molecule has 3 amide bonds. The average molecular weight is 372 g/mol. The van der Waals surface area contributed by atoms with E-state index in [1.807, 2.05) is 6.07 Å². The number of benzene rings is 1. The summed E-state index contributed by atoms with van der Waals surface area (Å²) in [5, 5.41) is 11.8. The monoisotopic (exact) mass is 372 g/mol. The standard InChI is InChI=1S/C19H24N4O4/c1-3-27-19(26)22-10-8-16(9-11-22)23(14(2)24)13-18(25)21-17-7-5-4-6-15(17)12-20/h4-7,16H,3,8-11,13H2,1-2H3,(H,21,25). The van der Waals surface area contributed by atoms with Crippen LogP contribution in [-0.4, -0.2) is 60.0 Å². The summed E-state index contributed by atoms with van der Waals surface area (Å²) in [6, 6.07) is 8.60. The summed E-state index contributed by atoms with van der Waals surface area (Å²) < 4.78 is 4.99. The van der Waals surface area contributed by atoms with Crippen LogP contribution in [0.25, 0.3) is 0 Å². The smallest absolute Gasteiger partial charge is 0.409 e. The molecule has 0 radical (unpaired) electrons. The summed E-state index contributed by atoms with van der Waals surface area (Å²) in [4.78, 5) is 39.4. The molecule has 8 nitrogen and oxygen atoms in total. The molecule has 8 heteroatoms. The topological polar surface area (TPSA) is 103 Å². The van der Waals surface area contributed by atoms with Crippen molar-refractivity contribution in [2.75, 3.05) is 31.6 Å². The summed E-state index contributed by atoms with van der Waals surface area (Å²) in [6.45, 7) is 4.36. The van der Waals surface area contributed by atoms with Crippen LogP contribution < -0.4 is 5.32 Å². The molecule has 1 aliphatic heterocycles. The molecule has 1 aromatic rings. The number of ether oxygens (including phenoxy) is 1. The summed E-state index contributed by atoms with van der Waals surface area (Å²) in [5.74, 6) is -0.561. The fourth-order valence-corrected chi connectivity index (χ4v) is 3.11. The van der Waals surface area contributed by atoms with Gasteiger partial charge in [0.15, 0.2) is 0 Å². The van der Waals surface area contributed by atoms with Gasteiger partial charge in [0.25, 0.3) is 0 Å². The number of nitriles is 1. The van der Waals surface area contributed by atoms with Crippen LogP contribution in [0.15, 0.2) is 24.3 Å². The van der Waals surface area contributed by atoms with E-state index in [2.05, 4.69) is 5.32 Å². The van der Waals surface area contributed by atoms with Gasteiger partial charge in [-0.1, -0.05) is 12.1 Å². The average Bonchev–Trinajstić information content (AvgIpc) is 2.66. The minimum absolute atomic E-state index is 0.0980. The van der Waals surface area contributed by atoms with Crippen molar-refractivity contribution in [2.24, 2.45) is 0 Å². The van der Waals surface area contributed by atoms with E-state index in [0.717, 1.165) is 0 Å². The first kappa shape index (κ1) is 20.2. The molecule has 1 saturated heterocycles. The first-order chi connectivity index (χ1) is 13.0. The van der Waals surface area contributed by atoms with Gasteiger partial charge in [-0.25, -0.2) is 4.79 Å². The number of hydrogen-bond donors (Lipinski definition) is 1. The molecule has 0 bridgehead atoms. The van der Waals surface area contributed by atoms with Gasteiger partial charge in [0, 0.05) is 26.1 Å². The highest BCUT2D eigenvalue weighted by atomic mass is 16.6. The van der Waals surface area contributed by atoms with E-state index in [0.29, 0.717) is 43.8 Å². The number of piperidine rings is 1. The maximum Gasteiger partial charge on any atom is 0.409 e. The number of hydrogen-bond acceptors (Lipinski definition) is 5. The molecule has 1 N–H and O–H groups in total. The Bertz CT molecular complexity index is 735. The molecule has 1 aliphatic rings. The molecule has 144 valence electrons. The lowest BCUT2D eigenvalue weighted by Crippen LogP contribution is -2.50. The summed E-state index contributed by atoms with van der Waals surface area (Å²) in [6.07, 6.45) is 0.817. The van der Waals surface area contributed by atoms with Crippen LogP contribution in [-0.2, 0) is 14.3 Å². The number of carbonyl (C=O) groups excluding carboxylic acids is 3. The third-order valence-corrected chi connectivity index (χ3v) is 4.47. The normalized spacial score (nSPS) is 14.2. The Morgan fingerprint density at radius 3 is 2.56 bits per heavy atom. The van der Waals surface area contributed by atoms with Gasteiger partial charge in [-0.15, -0.1) is 0 Å². The van der Waals surface area contributed by atoms with Crippen molar-refractivity contribution < 1.29 is 19.1 Å². The first-order valence-corrected chi connectivity index (χ1v) is 8.94. The molecule has 27 heavy (non-hydrogen) atoms. The molecule has 2 rings (SSSR count). The lowest BCUT2D eigenvalue weighted by Gasteiger charge is -2.37.